The zero-order chi connectivity index (χ0) is 33.2. The first kappa shape index (κ1) is 32.2. The predicted molar refractivity (Wildman–Crippen MR) is 175 cm³/mol. The van der Waals surface area contributed by atoms with Crippen molar-refractivity contribution in [1.29, 1.82) is 0 Å². The third-order valence-electron chi connectivity index (χ3n) is 9.28. The number of rotatable bonds is 9. The fourth-order valence-electron chi connectivity index (χ4n) is 5.73. The Morgan fingerprint density at radius 3 is 2.22 bits per heavy atom. The highest BCUT2D eigenvalue weighted by molar-refractivity contribution is 7.92. The van der Waals surface area contributed by atoms with Crippen LogP contribution in [0.15, 0.2) is 59.0 Å². The van der Waals surface area contributed by atoms with E-state index >= 15 is 4.39 Å². The van der Waals surface area contributed by atoms with Crippen molar-refractivity contribution in [1.82, 2.24) is 5.32 Å². The summed E-state index contributed by atoms with van der Waals surface area (Å²) in [6.45, 7) is 8.99. The topological polar surface area (TPSA) is 98.1 Å². The summed E-state index contributed by atoms with van der Waals surface area (Å²) in [6.07, 6.45) is 1.71. The van der Waals surface area contributed by atoms with Crippen LogP contribution in [0.5, 0.6) is 0 Å². The molecule has 1 aromatic heterocycles. The first-order valence-electron chi connectivity index (χ1n) is 15.4. The van der Waals surface area contributed by atoms with E-state index in [0.717, 1.165) is 18.4 Å². The lowest BCUT2D eigenvalue weighted by Crippen LogP contribution is -2.41. The van der Waals surface area contributed by atoms with Crippen LogP contribution in [-0.4, -0.2) is 45.4 Å². The van der Waals surface area contributed by atoms with Gasteiger partial charge >= 0.3 is 7.12 Å². The fourth-order valence-corrected chi connectivity index (χ4v) is 6.84. The van der Waals surface area contributed by atoms with Crippen LogP contribution in [0.3, 0.4) is 0 Å². The smallest absolute Gasteiger partial charge is 0.455 e. The molecule has 1 aliphatic heterocycles. The van der Waals surface area contributed by atoms with E-state index in [0.29, 0.717) is 27.8 Å². The first-order chi connectivity index (χ1) is 21.7. The molecule has 1 N–H and O–H groups in total. The second-order valence-corrected chi connectivity index (χ2v) is 15.1. The number of hydrogen-bond acceptors (Lipinski definition) is 6. The molecule has 2 aliphatic rings. The number of benzene rings is 3. The largest absolute Gasteiger partial charge is 0.497 e. The zero-order valence-electron chi connectivity index (χ0n) is 26.7. The van der Waals surface area contributed by atoms with Crippen molar-refractivity contribution < 1.29 is 35.7 Å². The van der Waals surface area contributed by atoms with Crippen molar-refractivity contribution in [2.75, 3.05) is 17.1 Å². The highest BCUT2D eigenvalue weighted by atomic mass is 32.2. The summed E-state index contributed by atoms with van der Waals surface area (Å²) in [5, 5.41) is 3.18. The Bertz CT molecular complexity index is 1920. The van der Waals surface area contributed by atoms with Gasteiger partial charge in [-0.15, -0.1) is 0 Å². The number of fused-ring (bicyclic) bond motifs is 1. The number of furan rings is 1. The van der Waals surface area contributed by atoms with Gasteiger partial charge < -0.3 is 19.0 Å². The van der Waals surface area contributed by atoms with Crippen LogP contribution in [-0.2, 0) is 25.9 Å². The van der Waals surface area contributed by atoms with E-state index in [1.807, 2.05) is 33.8 Å². The van der Waals surface area contributed by atoms with Crippen LogP contribution >= 0.6 is 0 Å². The minimum Gasteiger partial charge on any atom is -0.455 e. The number of halogens is 2. The molecule has 46 heavy (non-hydrogen) atoms. The molecule has 2 fully saturated rings. The zero-order valence-corrected chi connectivity index (χ0v) is 27.6. The molecule has 242 valence electrons. The second-order valence-electron chi connectivity index (χ2n) is 12.9. The Labute approximate surface area is 268 Å². The maximum atomic E-state index is 15.6. The average molecular weight is 651 g/mol. The maximum absolute atomic E-state index is 15.6. The Balaban J connectivity index is 1.44. The molecule has 6 rings (SSSR count). The minimum absolute atomic E-state index is 0.0816. The number of carbonyl (C=O) groups excluding carboxylic acids is 1. The number of anilines is 1. The van der Waals surface area contributed by atoms with Crippen LogP contribution in [0, 0.1) is 11.6 Å². The average Bonchev–Trinajstić information content (AvgIpc) is 3.74. The van der Waals surface area contributed by atoms with Gasteiger partial charge in [0.1, 0.15) is 23.0 Å². The Hall–Kier alpha value is -3.74. The van der Waals surface area contributed by atoms with Crippen LogP contribution in [0.25, 0.3) is 22.3 Å². The van der Waals surface area contributed by atoms with Gasteiger partial charge in [-0.1, -0.05) is 12.1 Å². The molecule has 0 radical (unpaired) electrons. The van der Waals surface area contributed by atoms with E-state index < -0.39 is 40.0 Å². The summed E-state index contributed by atoms with van der Waals surface area (Å²) in [5.74, 6) is -1.24. The highest BCUT2D eigenvalue weighted by Crippen LogP contribution is 2.48. The molecule has 4 aromatic rings. The van der Waals surface area contributed by atoms with E-state index in [9.17, 15) is 17.6 Å². The van der Waals surface area contributed by atoms with Crippen molar-refractivity contribution in [3.05, 3.63) is 82.9 Å². The second kappa shape index (κ2) is 11.5. The van der Waals surface area contributed by atoms with Crippen LogP contribution < -0.4 is 15.1 Å². The van der Waals surface area contributed by atoms with Gasteiger partial charge in [0.25, 0.3) is 5.91 Å². The molecular formula is C34H37BF2N2O6S. The summed E-state index contributed by atoms with van der Waals surface area (Å²) >= 11 is 0. The highest BCUT2D eigenvalue weighted by Gasteiger charge is 2.52. The molecule has 0 atom stereocenters. The van der Waals surface area contributed by atoms with Gasteiger partial charge in [0.15, 0.2) is 0 Å². The van der Waals surface area contributed by atoms with E-state index in [-0.39, 0.29) is 40.9 Å². The van der Waals surface area contributed by atoms with E-state index in [4.69, 9.17) is 13.7 Å². The van der Waals surface area contributed by atoms with Crippen LogP contribution in [0.2, 0.25) is 0 Å². The molecule has 8 nitrogen and oxygen atoms in total. The standard InChI is InChI=1S/C34H37BF2N2O6S/c1-7-46(41,42)39(19-20-8-15-26(27(37)16-20)35-44-33(2,3)34(4,5)45-35)28-18-29-25(17-24(28)21-9-10-21)30(32(40)38-6)31(43-29)22-11-13-23(36)14-12-22/h8,11-18,21H,7,9-10,19H2,1-6H3,(H,38,40). The first-order valence-corrected chi connectivity index (χ1v) is 17.0. The summed E-state index contributed by atoms with van der Waals surface area (Å²) in [5.41, 5.74) is 1.64. The van der Waals surface area contributed by atoms with E-state index in [1.54, 1.807) is 25.1 Å². The molecule has 1 amide bonds. The van der Waals surface area contributed by atoms with Crippen molar-refractivity contribution in [2.24, 2.45) is 0 Å². The Morgan fingerprint density at radius 2 is 1.65 bits per heavy atom. The third kappa shape index (κ3) is 5.71. The van der Waals surface area contributed by atoms with Gasteiger partial charge in [-0.3, -0.25) is 9.10 Å². The quantitative estimate of drug-likeness (QED) is 0.215. The lowest BCUT2D eigenvalue weighted by Gasteiger charge is -2.32. The molecule has 1 saturated carbocycles. The normalized spacial score (nSPS) is 17.4. The molecule has 1 saturated heterocycles. The number of amides is 1. The van der Waals surface area contributed by atoms with Gasteiger partial charge in [0.2, 0.25) is 10.0 Å². The number of carbonyl (C=O) groups is 1. The Morgan fingerprint density at radius 1 is 1.00 bits per heavy atom. The number of nitrogens with zero attached hydrogens (tertiary/aromatic N) is 1. The molecule has 0 unspecified atom stereocenters. The molecule has 1 aliphatic carbocycles. The van der Waals surface area contributed by atoms with Crippen molar-refractivity contribution in [2.45, 2.75) is 71.1 Å². The van der Waals surface area contributed by atoms with Crippen molar-refractivity contribution in [3.63, 3.8) is 0 Å². The van der Waals surface area contributed by atoms with Gasteiger partial charge in [-0.25, -0.2) is 17.2 Å². The van der Waals surface area contributed by atoms with Crippen molar-refractivity contribution >= 4 is 45.2 Å². The lowest BCUT2D eigenvalue weighted by atomic mass is 9.78. The molecule has 2 heterocycles. The monoisotopic (exact) mass is 650 g/mol. The fraction of sp³-hybridized carbons (Fsp3) is 0.382. The van der Waals surface area contributed by atoms with E-state index in [2.05, 4.69) is 5.32 Å². The molecule has 3 aromatic carbocycles. The third-order valence-corrected chi connectivity index (χ3v) is 11.0. The predicted octanol–water partition coefficient (Wildman–Crippen LogP) is 6.27. The molecule has 0 bridgehead atoms. The van der Waals surface area contributed by atoms with Gasteiger partial charge in [-0.2, -0.15) is 0 Å². The summed E-state index contributed by atoms with van der Waals surface area (Å²) in [7, 11) is -3.25. The lowest BCUT2D eigenvalue weighted by molar-refractivity contribution is 0.00578. The van der Waals surface area contributed by atoms with Gasteiger partial charge in [-0.05, 0) is 101 Å². The van der Waals surface area contributed by atoms with Crippen molar-refractivity contribution in [3.8, 4) is 11.3 Å². The van der Waals surface area contributed by atoms with Gasteiger partial charge in [0, 0.05) is 29.5 Å². The maximum Gasteiger partial charge on any atom is 0.497 e. The van der Waals surface area contributed by atoms with Crippen LogP contribution in [0.1, 0.15) is 74.9 Å². The molecular weight excluding hydrogens is 613 g/mol. The van der Waals surface area contributed by atoms with E-state index in [1.165, 1.54) is 41.7 Å². The molecule has 0 spiro atoms. The number of nitrogens with one attached hydrogen (secondary N) is 1. The number of sulfonamides is 1. The molecule has 12 heteroatoms. The van der Waals surface area contributed by atoms with Crippen LogP contribution in [0.4, 0.5) is 14.5 Å². The number of hydrogen-bond donors (Lipinski definition) is 1. The summed E-state index contributed by atoms with van der Waals surface area (Å²) in [6, 6.07) is 13.7. The Kier molecular flexibility index (Phi) is 8.06. The summed E-state index contributed by atoms with van der Waals surface area (Å²) in [4.78, 5) is 13.1. The van der Waals surface area contributed by atoms with Gasteiger partial charge in [0.05, 0.1) is 34.8 Å². The minimum atomic E-state index is -3.86. The SMILES string of the molecule is CCS(=O)(=O)N(Cc1ccc(B2OC(C)(C)C(C)(C)O2)c(F)c1)c1cc2oc(-c3ccc(F)cc3)c(C(=O)NC)c2cc1C1CC1. The summed E-state index contributed by atoms with van der Waals surface area (Å²) < 4.78 is 76.3.